The molecule has 1 N–H and O–H groups in total. The van der Waals surface area contributed by atoms with Crippen molar-refractivity contribution >= 4 is 23.3 Å². The molecule has 17 heavy (non-hydrogen) atoms. The summed E-state index contributed by atoms with van der Waals surface area (Å²) in [7, 11) is 1.33. The second-order valence-corrected chi connectivity index (χ2v) is 3.78. The largest absolute Gasteiger partial charge is 0.465 e. The molecule has 0 aliphatic heterocycles. The molecule has 5 heteroatoms. The minimum Gasteiger partial charge on any atom is -0.465 e. The topological polar surface area (TPSA) is 62.1 Å². The van der Waals surface area contributed by atoms with Crippen molar-refractivity contribution in [1.82, 2.24) is 0 Å². The van der Waals surface area contributed by atoms with Gasteiger partial charge in [0.05, 0.1) is 29.5 Å². The van der Waals surface area contributed by atoms with Crippen molar-refractivity contribution in [3.63, 3.8) is 0 Å². The maximum atomic E-state index is 11.3. The highest BCUT2D eigenvalue weighted by atomic mass is 35.5. The monoisotopic (exact) mass is 252 g/mol. The molecule has 0 saturated carbocycles. The maximum Gasteiger partial charge on any atom is 0.337 e. The molecule has 0 spiro atoms. The van der Waals surface area contributed by atoms with Gasteiger partial charge < -0.3 is 10.1 Å². The summed E-state index contributed by atoms with van der Waals surface area (Å²) in [5, 5.41) is 12.0. The van der Waals surface area contributed by atoms with Crippen molar-refractivity contribution in [2.45, 2.75) is 12.8 Å². The molecule has 4 nitrogen and oxygen atoms in total. The van der Waals surface area contributed by atoms with Crippen LogP contribution in [-0.2, 0) is 4.74 Å². The van der Waals surface area contributed by atoms with Crippen molar-refractivity contribution in [2.24, 2.45) is 0 Å². The van der Waals surface area contributed by atoms with Crippen LogP contribution in [0.2, 0.25) is 5.02 Å². The zero-order valence-electron chi connectivity index (χ0n) is 9.50. The summed E-state index contributed by atoms with van der Waals surface area (Å²) in [6, 6.07) is 6.94. The van der Waals surface area contributed by atoms with Gasteiger partial charge in [-0.3, -0.25) is 0 Å². The molecular formula is C12H13ClN2O2. The van der Waals surface area contributed by atoms with Crippen LogP contribution in [0.4, 0.5) is 5.69 Å². The summed E-state index contributed by atoms with van der Waals surface area (Å²) in [6.45, 7) is 0.637. The molecule has 0 aromatic heterocycles. The van der Waals surface area contributed by atoms with Gasteiger partial charge in [0.15, 0.2) is 0 Å². The third kappa shape index (κ3) is 3.97. The van der Waals surface area contributed by atoms with Crippen LogP contribution < -0.4 is 5.32 Å². The smallest absolute Gasteiger partial charge is 0.337 e. The molecule has 0 amide bonds. The van der Waals surface area contributed by atoms with E-state index in [4.69, 9.17) is 16.9 Å². The minimum absolute atomic E-state index is 0.401. The van der Waals surface area contributed by atoms with Crippen LogP contribution in [0.1, 0.15) is 23.2 Å². The molecule has 0 saturated heterocycles. The number of hydrogen-bond donors (Lipinski definition) is 1. The summed E-state index contributed by atoms with van der Waals surface area (Å²) in [4.78, 5) is 11.3. The van der Waals surface area contributed by atoms with Crippen LogP contribution in [0.5, 0.6) is 0 Å². The van der Waals surface area contributed by atoms with E-state index in [-0.39, 0.29) is 0 Å². The lowest BCUT2D eigenvalue weighted by atomic mass is 10.2. The number of halogens is 1. The average molecular weight is 253 g/mol. The second-order valence-electron chi connectivity index (χ2n) is 3.37. The van der Waals surface area contributed by atoms with E-state index in [0.717, 1.165) is 6.42 Å². The lowest BCUT2D eigenvalue weighted by Gasteiger charge is -2.08. The molecule has 0 aliphatic carbocycles. The molecule has 1 rings (SSSR count). The molecule has 0 unspecified atom stereocenters. The van der Waals surface area contributed by atoms with Gasteiger partial charge in [0.2, 0.25) is 0 Å². The van der Waals surface area contributed by atoms with Crippen LogP contribution in [0.3, 0.4) is 0 Å². The number of unbranched alkanes of at least 4 members (excludes halogenated alkanes) is 1. The van der Waals surface area contributed by atoms with Gasteiger partial charge in [0, 0.05) is 13.0 Å². The molecule has 0 fully saturated rings. The standard InChI is InChI=1S/C12H13ClN2O2/c1-17-12(16)9-4-5-10(13)11(8-9)15-7-3-2-6-14/h4-5,8,15H,2-3,7H2,1H3. The van der Waals surface area contributed by atoms with E-state index in [1.807, 2.05) is 0 Å². The van der Waals surface area contributed by atoms with Gasteiger partial charge in [-0.15, -0.1) is 0 Å². The number of benzene rings is 1. The molecule has 0 atom stereocenters. The Morgan fingerprint density at radius 1 is 1.59 bits per heavy atom. The zero-order valence-corrected chi connectivity index (χ0v) is 10.3. The first kappa shape index (κ1) is 13.3. The first-order valence-corrected chi connectivity index (χ1v) is 5.55. The summed E-state index contributed by atoms with van der Waals surface area (Å²) in [5.41, 5.74) is 1.12. The molecule has 0 heterocycles. The van der Waals surface area contributed by atoms with E-state index < -0.39 is 5.97 Å². The molecular weight excluding hydrogens is 240 g/mol. The Morgan fingerprint density at radius 3 is 3.00 bits per heavy atom. The SMILES string of the molecule is COC(=O)c1ccc(Cl)c(NCCCC#N)c1. The van der Waals surface area contributed by atoms with Crippen molar-refractivity contribution in [3.8, 4) is 6.07 Å². The number of rotatable bonds is 5. The van der Waals surface area contributed by atoms with Crippen molar-refractivity contribution < 1.29 is 9.53 Å². The first-order chi connectivity index (χ1) is 8.19. The highest BCUT2D eigenvalue weighted by Crippen LogP contribution is 2.23. The lowest BCUT2D eigenvalue weighted by molar-refractivity contribution is 0.0601. The highest BCUT2D eigenvalue weighted by molar-refractivity contribution is 6.33. The minimum atomic E-state index is -0.401. The summed E-state index contributed by atoms with van der Waals surface area (Å²) in [5.74, 6) is -0.401. The van der Waals surface area contributed by atoms with Crippen molar-refractivity contribution in [3.05, 3.63) is 28.8 Å². The van der Waals surface area contributed by atoms with Crippen LogP contribution in [0.15, 0.2) is 18.2 Å². The fraction of sp³-hybridized carbons (Fsp3) is 0.333. The number of esters is 1. The van der Waals surface area contributed by atoms with Crippen LogP contribution in [0, 0.1) is 11.3 Å². The predicted molar refractivity (Wildman–Crippen MR) is 66.1 cm³/mol. The molecule has 0 aliphatic rings. The first-order valence-electron chi connectivity index (χ1n) is 5.17. The average Bonchev–Trinajstić information content (AvgIpc) is 2.35. The Hall–Kier alpha value is -1.73. The predicted octanol–water partition coefficient (Wildman–Crippen LogP) is 2.84. The van der Waals surface area contributed by atoms with Gasteiger partial charge in [0.25, 0.3) is 0 Å². The Bertz CT molecular complexity index is 441. The van der Waals surface area contributed by atoms with Gasteiger partial charge >= 0.3 is 5.97 Å². The lowest BCUT2D eigenvalue weighted by Crippen LogP contribution is -2.05. The number of nitrogens with zero attached hydrogens (tertiary/aromatic N) is 1. The number of carbonyl (C=O) groups excluding carboxylic acids is 1. The van der Waals surface area contributed by atoms with E-state index in [0.29, 0.717) is 29.2 Å². The maximum absolute atomic E-state index is 11.3. The highest BCUT2D eigenvalue weighted by Gasteiger charge is 2.08. The number of carbonyl (C=O) groups is 1. The van der Waals surface area contributed by atoms with Crippen molar-refractivity contribution in [2.75, 3.05) is 19.0 Å². The molecule has 90 valence electrons. The Balaban J connectivity index is 2.70. The van der Waals surface area contributed by atoms with Gasteiger partial charge in [-0.2, -0.15) is 5.26 Å². The fourth-order valence-electron chi connectivity index (χ4n) is 1.30. The number of nitriles is 1. The van der Waals surface area contributed by atoms with Crippen LogP contribution in [0.25, 0.3) is 0 Å². The van der Waals surface area contributed by atoms with Gasteiger partial charge in [-0.05, 0) is 24.6 Å². The molecule has 0 bridgehead atoms. The second kappa shape index (κ2) is 6.77. The normalized spacial score (nSPS) is 9.47. The summed E-state index contributed by atoms with van der Waals surface area (Å²) < 4.78 is 4.62. The number of ether oxygens (including phenoxy) is 1. The van der Waals surface area contributed by atoms with Gasteiger partial charge in [0.1, 0.15) is 0 Å². The molecule has 1 aromatic rings. The van der Waals surface area contributed by atoms with E-state index in [2.05, 4.69) is 16.1 Å². The quantitative estimate of drug-likeness (QED) is 0.647. The van der Waals surface area contributed by atoms with E-state index in [1.54, 1.807) is 18.2 Å². The molecule has 0 radical (unpaired) electrons. The van der Waals surface area contributed by atoms with E-state index in [1.165, 1.54) is 7.11 Å². The fourth-order valence-corrected chi connectivity index (χ4v) is 1.48. The molecule has 1 aromatic carbocycles. The van der Waals surface area contributed by atoms with E-state index >= 15 is 0 Å². The number of nitrogens with one attached hydrogen (secondary N) is 1. The van der Waals surface area contributed by atoms with E-state index in [9.17, 15) is 4.79 Å². The Labute approximate surface area is 105 Å². The van der Waals surface area contributed by atoms with Gasteiger partial charge in [-0.1, -0.05) is 11.6 Å². The van der Waals surface area contributed by atoms with Gasteiger partial charge in [-0.25, -0.2) is 4.79 Å². The summed E-state index contributed by atoms with van der Waals surface area (Å²) in [6.07, 6.45) is 1.22. The van der Waals surface area contributed by atoms with Crippen LogP contribution in [-0.4, -0.2) is 19.6 Å². The Morgan fingerprint density at radius 2 is 2.35 bits per heavy atom. The zero-order chi connectivity index (χ0) is 12.7. The third-order valence-corrected chi connectivity index (χ3v) is 2.50. The Kier molecular flexibility index (Phi) is 5.31. The number of anilines is 1. The van der Waals surface area contributed by atoms with Crippen LogP contribution >= 0.6 is 11.6 Å². The summed E-state index contributed by atoms with van der Waals surface area (Å²) >= 11 is 5.98. The number of methoxy groups -OCH3 is 1. The number of hydrogen-bond acceptors (Lipinski definition) is 4. The van der Waals surface area contributed by atoms with Crippen molar-refractivity contribution in [1.29, 1.82) is 5.26 Å². The third-order valence-electron chi connectivity index (χ3n) is 2.17.